The number of aliphatic imine (C=N–C) groups is 1. The molecule has 0 aliphatic carbocycles. The highest BCUT2D eigenvalue weighted by Crippen LogP contribution is 2.27. The maximum Gasteiger partial charge on any atom is 0.191 e. The van der Waals surface area contributed by atoms with Gasteiger partial charge in [0, 0.05) is 13.1 Å². The fraction of sp³-hybridized carbons (Fsp3) is 0.350. The largest absolute Gasteiger partial charge is 0.496 e. The summed E-state index contributed by atoms with van der Waals surface area (Å²) in [5, 5.41) is 6.60. The van der Waals surface area contributed by atoms with Crippen LogP contribution < -0.4 is 24.8 Å². The minimum Gasteiger partial charge on any atom is -0.496 e. The molecule has 0 aliphatic rings. The minimum atomic E-state index is 0.559. The predicted molar refractivity (Wildman–Crippen MR) is 112 cm³/mol. The lowest BCUT2D eigenvalue weighted by Crippen LogP contribution is -2.36. The first kappa shape index (κ1) is 20.9. The average Bonchev–Trinajstić information content (AvgIpc) is 2.69. The zero-order valence-corrected chi connectivity index (χ0v) is 17.7. The van der Waals surface area contributed by atoms with Crippen LogP contribution in [0.15, 0.2) is 45.9 Å². The molecule has 0 aromatic heterocycles. The van der Waals surface area contributed by atoms with E-state index in [1.54, 1.807) is 21.3 Å². The van der Waals surface area contributed by atoms with Crippen molar-refractivity contribution in [2.24, 2.45) is 4.99 Å². The first-order valence-electron chi connectivity index (χ1n) is 8.66. The molecule has 0 aliphatic heterocycles. The van der Waals surface area contributed by atoms with Gasteiger partial charge in [-0.25, -0.2) is 4.99 Å². The van der Waals surface area contributed by atoms with Gasteiger partial charge in [-0.15, -0.1) is 0 Å². The average molecular weight is 436 g/mol. The van der Waals surface area contributed by atoms with E-state index in [4.69, 9.17) is 14.2 Å². The van der Waals surface area contributed by atoms with E-state index in [1.165, 1.54) is 0 Å². The zero-order valence-electron chi connectivity index (χ0n) is 16.1. The van der Waals surface area contributed by atoms with Gasteiger partial charge in [0.1, 0.15) is 5.75 Å². The van der Waals surface area contributed by atoms with Crippen molar-refractivity contribution < 1.29 is 14.2 Å². The maximum absolute atomic E-state index is 5.35. The molecule has 2 N–H and O–H groups in total. The third-order valence-electron chi connectivity index (χ3n) is 3.89. The van der Waals surface area contributed by atoms with Crippen LogP contribution in [0, 0.1) is 0 Å². The van der Waals surface area contributed by atoms with Crippen molar-refractivity contribution >= 4 is 21.9 Å². The van der Waals surface area contributed by atoms with Gasteiger partial charge in [-0.2, -0.15) is 0 Å². The maximum atomic E-state index is 5.35. The Kier molecular flexibility index (Phi) is 8.26. The fourth-order valence-electron chi connectivity index (χ4n) is 2.50. The number of benzene rings is 2. The standard InChI is InChI=1S/C20H26BrN3O3/c1-5-22-20(23-12-14-6-8-17(25-2)16(21)10-14)24-13-15-7-9-18(26-3)19(11-15)27-4/h6-11H,5,12-13H2,1-4H3,(H2,22,23,24). The third-order valence-corrected chi connectivity index (χ3v) is 4.51. The van der Waals surface area contributed by atoms with Crippen molar-refractivity contribution in [2.45, 2.75) is 20.0 Å². The van der Waals surface area contributed by atoms with Crippen molar-refractivity contribution in [1.82, 2.24) is 10.6 Å². The van der Waals surface area contributed by atoms with Crippen LogP contribution in [0.25, 0.3) is 0 Å². The molecule has 0 spiro atoms. The Morgan fingerprint density at radius 1 is 0.889 bits per heavy atom. The number of nitrogens with one attached hydrogen (secondary N) is 2. The molecule has 2 rings (SSSR count). The van der Waals surface area contributed by atoms with Gasteiger partial charge in [0.2, 0.25) is 0 Å². The molecule has 0 bridgehead atoms. The van der Waals surface area contributed by atoms with Crippen LogP contribution in [0.1, 0.15) is 18.1 Å². The number of rotatable bonds is 8. The lowest BCUT2D eigenvalue weighted by molar-refractivity contribution is 0.354. The molecule has 0 unspecified atom stereocenters. The SMILES string of the molecule is CCNC(=NCc1ccc(OC)c(Br)c1)NCc1ccc(OC)c(OC)c1. The van der Waals surface area contributed by atoms with E-state index < -0.39 is 0 Å². The number of nitrogens with zero attached hydrogens (tertiary/aromatic N) is 1. The van der Waals surface area contributed by atoms with Crippen LogP contribution in [-0.2, 0) is 13.1 Å². The smallest absolute Gasteiger partial charge is 0.191 e. The van der Waals surface area contributed by atoms with E-state index in [0.717, 1.165) is 33.9 Å². The summed E-state index contributed by atoms with van der Waals surface area (Å²) in [5.41, 5.74) is 2.16. The number of hydrogen-bond donors (Lipinski definition) is 2. The molecule has 0 saturated heterocycles. The highest BCUT2D eigenvalue weighted by atomic mass is 79.9. The summed E-state index contributed by atoms with van der Waals surface area (Å²) >= 11 is 3.50. The molecule has 2 aromatic rings. The number of guanidine groups is 1. The highest BCUT2D eigenvalue weighted by Gasteiger charge is 2.06. The summed E-state index contributed by atoms with van der Waals surface area (Å²) in [4.78, 5) is 4.65. The number of hydrogen-bond acceptors (Lipinski definition) is 4. The molecule has 0 saturated carbocycles. The van der Waals surface area contributed by atoms with Crippen molar-refractivity contribution in [3.63, 3.8) is 0 Å². The summed E-state index contributed by atoms with van der Waals surface area (Å²) in [6.07, 6.45) is 0. The predicted octanol–water partition coefficient (Wildman–Crippen LogP) is 3.73. The molecule has 0 heterocycles. The van der Waals surface area contributed by atoms with Gasteiger partial charge >= 0.3 is 0 Å². The second kappa shape index (κ2) is 10.7. The van der Waals surface area contributed by atoms with Crippen LogP contribution in [0.3, 0.4) is 0 Å². The summed E-state index contributed by atoms with van der Waals surface area (Å²) in [6.45, 7) is 4.00. The second-order valence-electron chi connectivity index (χ2n) is 5.71. The summed E-state index contributed by atoms with van der Waals surface area (Å²) in [6, 6.07) is 11.8. The Bertz CT molecular complexity index is 781. The minimum absolute atomic E-state index is 0.559. The van der Waals surface area contributed by atoms with Crippen LogP contribution in [-0.4, -0.2) is 33.8 Å². The summed E-state index contributed by atoms with van der Waals surface area (Å²) in [5.74, 6) is 2.98. The van der Waals surface area contributed by atoms with Gasteiger partial charge in [-0.05, 0) is 58.2 Å². The van der Waals surface area contributed by atoms with Crippen LogP contribution in [0.5, 0.6) is 17.2 Å². The monoisotopic (exact) mass is 435 g/mol. The van der Waals surface area contributed by atoms with E-state index in [2.05, 4.69) is 31.6 Å². The van der Waals surface area contributed by atoms with Crippen LogP contribution in [0.2, 0.25) is 0 Å². The molecule has 7 heteroatoms. The number of methoxy groups -OCH3 is 3. The second-order valence-corrected chi connectivity index (χ2v) is 6.56. The molecule has 6 nitrogen and oxygen atoms in total. The topological polar surface area (TPSA) is 64.1 Å². The lowest BCUT2D eigenvalue weighted by Gasteiger charge is -2.13. The van der Waals surface area contributed by atoms with Crippen LogP contribution >= 0.6 is 15.9 Å². The van der Waals surface area contributed by atoms with Gasteiger partial charge in [0.05, 0.1) is 32.3 Å². The molecule has 27 heavy (non-hydrogen) atoms. The van der Waals surface area contributed by atoms with Gasteiger partial charge in [0.15, 0.2) is 17.5 Å². The van der Waals surface area contributed by atoms with Gasteiger partial charge < -0.3 is 24.8 Å². The van der Waals surface area contributed by atoms with E-state index in [1.807, 2.05) is 43.3 Å². The van der Waals surface area contributed by atoms with Crippen molar-refractivity contribution in [3.05, 3.63) is 52.0 Å². The van der Waals surface area contributed by atoms with Gasteiger partial charge in [0.25, 0.3) is 0 Å². The molecule has 146 valence electrons. The lowest BCUT2D eigenvalue weighted by atomic mass is 10.2. The number of halogens is 1. The Labute approximate surface area is 169 Å². The highest BCUT2D eigenvalue weighted by molar-refractivity contribution is 9.10. The molecular formula is C20H26BrN3O3. The quantitative estimate of drug-likeness (QED) is 0.488. The van der Waals surface area contributed by atoms with Crippen molar-refractivity contribution in [2.75, 3.05) is 27.9 Å². The molecule has 0 atom stereocenters. The molecule has 0 fully saturated rings. The Morgan fingerprint density at radius 3 is 2.19 bits per heavy atom. The normalized spacial score (nSPS) is 11.1. The summed E-state index contributed by atoms with van der Waals surface area (Å²) < 4.78 is 16.8. The van der Waals surface area contributed by atoms with E-state index in [9.17, 15) is 0 Å². The van der Waals surface area contributed by atoms with Crippen LogP contribution in [0.4, 0.5) is 0 Å². The van der Waals surface area contributed by atoms with Crippen molar-refractivity contribution in [1.29, 1.82) is 0 Å². The van der Waals surface area contributed by atoms with Gasteiger partial charge in [-0.3, -0.25) is 0 Å². The Balaban J connectivity index is 2.04. The molecule has 0 amide bonds. The van der Waals surface area contributed by atoms with E-state index in [0.29, 0.717) is 24.6 Å². The first-order chi connectivity index (χ1) is 13.1. The van der Waals surface area contributed by atoms with Crippen molar-refractivity contribution in [3.8, 4) is 17.2 Å². The number of ether oxygens (including phenoxy) is 3. The van der Waals surface area contributed by atoms with E-state index >= 15 is 0 Å². The Morgan fingerprint density at radius 2 is 1.56 bits per heavy atom. The fourth-order valence-corrected chi connectivity index (χ4v) is 3.08. The molecular weight excluding hydrogens is 410 g/mol. The Hall–Kier alpha value is -2.41. The third kappa shape index (κ3) is 6.06. The van der Waals surface area contributed by atoms with E-state index in [-0.39, 0.29) is 0 Å². The zero-order chi connectivity index (χ0) is 19.6. The molecule has 0 radical (unpaired) electrons. The first-order valence-corrected chi connectivity index (χ1v) is 9.46. The molecule has 2 aromatic carbocycles. The summed E-state index contributed by atoms with van der Waals surface area (Å²) in [7, 11) is 4.91. The van der Waals surface area contributed by atoms with Gasteiger partial charge in [-0.1, -0.05) is 12.1 Å².